The van der Waals surface area contributed by atoms with Crippen molar-refractivity contribution in [2.24, 2.45) is 4.99 Å². The largest absolute Gasteiger partial charge is 0.480 e. The fourth-order valence-electron chi connectivity index (χ4n) is 1.03. The number of amidine groups is 1. The number of fused-ring (bicyclic) bond motifs is 1. The maximum absolute atomic E-state index is 10.5. The van der Waals surface area contributed by atoms with E-state index in [0.29, 0.717) is 6.54 Å². The lowest BCUT2D eigenvalue weighted by molar-refractivity contribution is -0.138. The molecule has 58 valence electrons. The van der Waals surface area contributed by atoms with E-state index in [-0.39, 0.29) is 0 Å². The summed E-state index contributed by atoms with van der Waals surface area (Å²) in [6.07, 6.45) is 1.85. The van der Waals surface area contributed by atoms with Gasteiger partial charge in [0.25, 0.3) is 0 Å². The number of carboxylic acid groups (broad SMARTS) is 1. The van der Waals surface area contributed by atoms with Gasteiger partial charge in [0.1, 0.15) is 0 Å². The van der Waals surface area contributed by atoms with Crippen molar-refractivity contribution in [1.29, 1.82) is 0 Å². The van der Waals surface area contributed by atoms with Crippen molar-refractivity contribution in [1.82, 2.24) is 4.90 Å². The molecule has 0 amide bonds. The smallest absolute Gasteiger partial charge is 0.330 e. The molecule has 0 radical (unpaired) electrons. The second-order valence-electron chi connectivity index (χ2n) is 2.32. The zero-order valence-electron chi connectivity index (χ0n) is 5.60. The third-order valence-corrected chi connectivity index (χ3v) is 2.39. The summed E-state index contributed by atoms with van der Waals surface area (Å²) in [5.41, 5.74) is 0. The summed E-state index contributed by atoms with van der Waals surface area (Å²) in [4.78, 5) is 16.3. The van der Waals surface area contributed by atoms with E-state index in [9.17, 15) is 4.79 Å². The van der Waals surface area contributed by atoms with Gasteiger partial charge in [-0.1, -0.05) is 11.8 Å². The maximum atomic E-state index is 10.5. The monoisotopic (exact) mass is 170 g/mol. The number of carbonyl (C=O) groups is 1. The van der Waals surface area contributed by atoms with Crippen molar-refractivity contribution in [3.8, 4) is 0 Å². The van der Waals surface area contributed by atoms with Gasteiger partial charge in [-0.15, -0.1) is 0 Å². The summed E-state index contributed by atoms with van der Waals surface area (Å²) < 4.78 is 0. The summed E-state index contributed by atoms with van der Waals surface area (Å²) in [7, 11) is 0. The molecule has 1 N–H and O–H groups in total. The molecule has 0 fully saturated rings. The average Bonchev–Trinajstić information content (AvgIpc) is 2.40. The minimum atomic E-state index is -0.846. The van der Waals surface area contributed by atoms with Crippen LogP contribution in [-0.2, 0) is 4.79 Å². The highest BCUT2D eigenvalue weighted by Gasteiger charge is 2.30. The molecule has 11 heavy (non-hydrogen) atoms. The van der Waals surface area contributed by atoms with Crippen LogP contribution < -0.4 is 0 Å². The highest BCUT2D eigenvalue weighted by atomic mass is 32.2. The van der Waals surface area contributed by atoms with E-state index in [2.05, 4.69) is 4.99 Å². The highest BCUT2D eigenvalue weighted by molar-refractivity contribution is 8.16. The van der Waals surface area contributed by atoms with Gasteiger partial charge in [-0.3, -0.25) is 0 Å². The summed E-state index contributed by atoms with van der Waals surface area (Å²) in [6.45, 7) is 0.480. The van der Waals surface area contributed by atoms with E-state index in [4.69, 9.17) is 5.11 Å². The SMILES string of the molecule is O=C(O)C1CN2C=CSC2=N1. The predicted octanol–water partition coefficient (Wildman–Crippen LogP) is 0.329. The van der Waals surface area contributed by atoms with Crippen LogP contribution in [0.1, 0.15) is 0 Å². The molecule has 2 aliphatic rings. The van der Waals surface area contributed by atoms with Gasteiger partial charge in [-0.25, -0.2) is 9.79 Å². The Morgan fingerprint density at radius 2 is 2.73 bits per heavy atom. The van der Waals surface area contributed by atoms with Crippen molar-refractivity contribution >= 4 is 22.9 Å². The van der Waals surface area contributed by atoms with Crippen molar-refractivity contribution in [3.63, 3.8) is 0 Å². The molecule has 0 aromatic rings. The fourth-order valence-corrected chi connectivity index (χ4v) is 1.82. The summed E-state index contributed by atoms with van der Waals surface area (Å²) in [5.74, 6) is -0.846. The van der Waals surface area contributed by atoms with Crippen LogP contribution in [0.25, 0.3) is 0 Å². The molecule has 2 rings (SSSR count). The third kappa shape index (κ3) is 1.01. The van der Waals surface area contributed by atoms with Gasteiger partial charge in [0.15, 0.2) is 11.2 Å². The molecular weight excluding hydrogens is 164 g/mol. The molecule has 0 aromatic carbocycles. The lowest BCUT2D eigenvalue weighted by Crippen LogP contribution is -2.25. The van der Waals surface area contributed by atoms with Gasteiger partial charge in [-0.2, -0.15) is 0 Å². The average molecular weight is 170 g/mol. The molecule has 0 spiro atoms. The van der Waals surface area contributed by atoms with E-state index in [0.717, 1.165) is 5.17 Å². The van der Waals surface area contributed by atoms with Gasteiger partial charge in [-0.05, 0) is 5.41 Å². The van der Waals surface area contributed by atoms with E-state index >= 15 is 0 Å². The van der Waals surface area contributed by atoms with Crippen molar-refractivity contribution < 1.29 is 9.90 Å². The Labute approximate surface area is 67.6 Å². The molecule has 0 aromatic heterocycles. The molecule has 0 bridgehead atoms. The number of aliphatic carboxylic acids is 1. The topological polar surface area (TPSA) is 52.9 Å². The van der Waals surface area contributed by atoms with Gasteiger partial charge in [0, 0.05) is 6.20 Å². The Balaban J connectivity index is 2.16. The van der Waals surface area contributed by atoms with Crippen LogP contribution in [-0.4, -0.2) is 33.7 Å². The summed E-state index contributed by atoms with van der Waals surface area (Å²) >= 11 is 1.47. The molecule has 2 aliphatic heterocycles. The third-order valence-electron chi connectivity index (χ3n) is 1.58. The van der Waals surface area contributed by atoms with Gasteiger partial charge in [0.2, 0.25) is 0 Å². The normalized spacial score (nSPS) is 27.1. The van der Waals surface area contributed by atoms with E-state index in [1.54, 1.807) is 0 Å². The fraction of sp³-hybridized carbons (Fsp3) is 0.333. The molecule has 2 heterocycles. The molecule has 0 aliphatic carbocycles. The van der Waals surface area contributed by atoms with Crippen LogP contribution in [0.5, 0.6) is 0 Å². The van der Waals surface area contributed by atoms with Gasteiger partial charge >= 0.3 is 5.97 Å². The number of hydrogen-bond donors (Lipinski definition) is 1. The number of carboxylic acids is 1. The van der Waals surface area contributed by atoms with Gasteiger partial charge < -0.3 is 10.0 Å². The number of thioether (sulfide) groups is 1. The second-order valence-corrected chi connectivity index (χ2v) is 3.19. The summed E-state index contributed by atoms with van der Waals surface area (Å²) in [5, 5.41) is 11.3. The Bertz CT molecular complexity index is 261. The molecule has 1 unspecified atom stereocenters. The zero-order valence-corrected chi connectivity index (χ0v) is 6.41. The zero-order chi connectivity index (χ0) is 7.84. The lowest BCUT2D eigenvalue weighted by atomic mass is 10.3. The predicted molar refractivity (Wildman–Crippen MR) is 42.3 cm³/mol. The van der Waals surface area contributed by atoms with E-state index < -0.39 is 12.0 Å². The van der Waals surface area contributed by atoms with Crippen LogP contribution in [0.3, 0.4) is 0 Å². The minimum absolute atomic E-state index is 0.480. The first-order chi connectivity index (χ1) is 5.27. The Morgan fingerprint density at radius 1 is 1.91 bits per heavy atom. The Hall–Kier alpha value is -0.970. The molecule has 5 heteroatoms. The number of rotatable bonds is 1. The van der Waals surface area contributed by atoms with Crippen molar-refractivity contribution in [2.75, 3.05) is 6.54 Å². The van der Waals surface area contributed by atoms with Crippen LogP contribution in [0, 0.1) is 0 Å². The highest BCUT2D eigenvalue weighted by Crippen LogP contribution is 2.25. The van der Waals surface area contributed by atoms with Crippen molar-refractivity contribution in [2.45, 2.75) is 6.04 Å². The number of aliphatic imine (C=N–C) groups is 1. The molecule has 4 nitrogen and oxygen atoms in total. The number of hydrogen-bond acceptors (Lipinski definition) is 4. The molecule has 0 saturated heterocycles. The molecule has 0 saturated carbocycles. The number of nitrogens with zero attached hydrogens (tertiary/aromatic N) is 2. The van der Waals surface area contributed by atoms with E-state index in [1.165, 1.54) is 11.8 Å². The van der Waals surface area contributed by atoms with Crippen LogP contribution in [0.2, 0.25) is 0 Å². The van der Waals surface area contributed by atoms with Crippen LogP contribution in [0.15, 0.2) is 16.6 Å². The van der Waals surface area contributed by atoms with Gasteiger partial charge in [0.05, 0.1) is 6.54 Å². The van der Waals surface area contributed by atoms with Crippen LogP contribution >= 0.6 is 11.8 Å². The summed E-state index contributed by atoms with van der Waals surface area (Å²) in [6, 6.07) is -0.567. The minimum Gasteiger partial charge on any atom is -0.480 e. The second kappa shape index (κ2) is 2.27. The quantitative estimate of drug-likeness (QED) is 0.616. The van der Waals surface area contributed by atoms with Crippen LogP contribution in [0.4, 0.5) is 0 Å². The Kier molecular flexibility index (Phi) is 1.38. The first kappa shape index (κ1) is 6.72. The molecular formula is C6H6N2O2S. The maximum Gasteiger partial charge on any atom is 0.330 e. The Morgan fingerprint density at radius 3 is 3.36 bits per heavy atom. The standard InChI is InChI=1S/C6H6N2O2S/c9-5(10)4-3-8-1-2-11-6(8)7-4/h1-2,4H,3H2,(H,9,10). The molecule has 1 atom stereocenters. The van der Waals surface area contributed by atoms with Crippen molar-refractivity contribution in [3.05, 3.63) is 11.6 Å². The lowest BCUT2D eigenvalue weighted by Gasteiger charge is -2.06. The first-order valence-corrected chi connectivity index (χ1v) is 4.06. The first-order valence-electron chi connectivity index (χ1n) is 3.18. The van der Waals surface area contributed by atoms with E-state index in [1.807, 2.05) is 16.5 Å².